The summed E-state index contributed by atoms with van der Waals surface area (Å²) in [5, 5.41) is 0. The summed E-state index contributed by atoms with van der Waals surface area (Å²) < 4.78 is 53.9. The number of hydrogen-bond acceptors (Lipinski definition) is 12. The largest absolute Gasteiger partial charge is 0.490 e. The molecule has 0 aliphatic heterocycles. The van der Waals surface area contributed by atoms with Crippen LogP contribution in [0.3, 0.4) is 0 Å². The maximum atomic E-state index is 6.79. The standard InChI is InChI=1S/C136H222N4O8/c1-9-17-25-33-41-49-57-65-73-81-105-141-127-101-93-119(113-131(127)145-109-85-77-69-61-53-45-37-29-21-13-5)89-97-123-117-124(98-90-120-94-102-128(142-106-82-74-66-58-50-42-34-26-18-10-2)132(114-120)146-110-86-78-70-62-54-46-38-30-22-14-6)138-135(137-123)136-139-125(99-91-121-95-103-129(143-107-83-75-67-59-51-43-35-27-19-11-3)133(115-121)147-111-87-79-71-63-55-47-39-31-23-15-7)118-126(140-136)100-92-122-96-104-130(144-108-84-76-68-60-52-44-36-28-20-12-4)134(116-122)148-112-88-80-72-64-56-48-40-32-24-16-8/h89-104,113-118H,9-88,105-112H2,1-8H3/b97-89+,98-90+,99-91+,100-92+. The summed E-state index contributed by atoms with van der Waals surface area (Å²) in [6, 6.07) is 29.8. The van der Waals surface area contributed by atoms with Crippen molar-refractivity contribution in [2.24, 2.45) is 0 Å². The first-order valence-corrected chi connectivity index (χ1v) is 63.4. The average Bonchev–Trinajstić information content (AvgIpc) is 0.807. The van der Waals surface area contributed by atoms with Gasteiger partial charge in [-0.15, -0.1) is 0 Å². The van der Waals surface area contributed by atoms with Crippen LogP contribution < -0.4 is 37.9 Å². The van der Waals surface area contributed by atoms with E-state index in [0.29, 0.717) is 87.3 Å². The Morgan fingerprint density at radius 3 is 0.392 bits per heavy atom. The lowest BCUT2D eigenvalue weighted by Crippen LogP contribution is -2.03. The van der Waals surface area contributed by atoms with Crippen molar-refractivity contribution in [1.82, 2.24) is 19.9 Å². The van der Waals surface area contributed by atoms with Gasteiger partial charge >= 0.3 is 0 Å². The van der Waals surface area contributed by atoms with E-state index in [0.717, 1.165) is 145 Å². The van der Waals surface area contributed by atoms with Crippen LogP contribution in [0.4, 0.5) is 0 Å². The van der Waals surface area contributed by atoms with Crippen LogP contribution >= 0.6 is 0 Å². The van der Waals surface area contributed by atoms with E-state index in [4.69, 9.17) is 57.8 Å². The molecule has 0 fully saturated rings. The number of unbranched alkanes of at least 4 members (excludes halogenated alkanes) is 72. The third-order valence-electron chi connectivity index (χ3n) is 29.4. The fourth-order valence-corrected chi connectivity index (χ4v) is 19.9. The topological polar surface area (TPSA) is 125 Å². The van der Waals surface area contributed by atoms with Crippen LogP contribution in [0.5, 0.6) is 46.0 Å². The summed E-state index contributed by atoms with van der Waals surface area (Å²) in [6.45, 7) is 23.6. The van der Waals surface area contributed by atoms with Crippen molar-refractivity contribution in [3.8, 4) is 57.6 Å². The SMILES string of the molecule is CCCCCCCCCCCCOc1ccc(/C=C/c2cc(/C=C/c3ccc(OCCCCCCCCCCCC)c(OCCCCCCCCCCCC)c3)nc(-c3nc(/C=C/c4ccc(OCCCCCCCCCCCC)c(OCCCCCCCCCCCC)c4)cc(/C=C/c4ccc(OCCCCCCCCCCCC)c(OCCCCCCCCCCCC)c4)n3)n2)cc1OCCCCCCCCCCCC. The zero-order valence-corrected chi connectivity index (χ0v) is 97.0. The number of aromatic nitrogens is 4. The van der Waals surface area contributed by atoms with Crippen molar-refractivity contribution < 1.29 is 37.9 Å². The van der Waals surface area contributed by atoms with Gasteiger partial charge in [0.25, 0.3) is 0 Å². The van der Waals surface area contributed by atoms with E-state index in [-0.39, 0.29) is 0 Å². The molecule has 0 saturated carbocycles. The van der Waals surface area contributed by atoms with E-state index >= 15 is 0 Å². The fraction of sp³-hybridized carbons (Fsp3) is 0.706. The highest BCUT2D eigenvalue weighted by atomic mass is 16.5. The Morgan fingerprint density at radius 1 is 0.135 bits per heavy atom. The number of hydrogen-bond donors (Lipinski definition) is 0. The number of rotatable bonds is 105. The third-order valence-corrected chi connectivity index (χ3v) is 29.4. The molecule has 0 aliphatic carbocycles. The average molecular weight is 2040 g/mol. The Hall–Kier alpha value is -7.60. The second-order valence-corrected chi connectivity index (χ2v) is 43.5. The van der Waals surface area contributed by atoms with Gasteiger partial charge in [-0.1, -0.05) is 566 Å². The Balaban J connectivity index is 1.46. The molecule has 148 heavy (non-hydrogen) atoms. The van der Waals surface area contributed by atoms with E-state index < -0.39 is 0 Å². The first kappa shape index (κ1) is 129. The molecule has 0 aliphatic rings. The monoisotopic (exact) mass is 2040 g/mol. The molecule has 0 amide bonds. The van der Waals surface area contributed by atoms with Crippen LogP contribution in [-0.4, -0.2) is 72.8 Å². The van der Waals surface area contributed by atoms with Crippen LogP contribution in [-0.2, 0) is 0 Å². The normalized spacial score (nSPS) is 11.8. The molecule has 6 rings (SSSR count). The number of nitrogens with zero attached hydrogens (tertiary/aromatic N) is 4. The quantitative estimate of drug-likeness (QED) is 0.0338. The molecule has 0 bridgehead atoms. The zero-order chi connectivity index (χ0) is 105. The van der Waals surface area contributed by atoms with E-state index in [1.807, 2.05) is 0 Å². The minimum atomic E-state index is 0.400. The molecule has 0 atom stereocenters. The van der Waals surface area contributed by atoms with Gasteiger partial charge in [0.2, 0.25) is 0 Å². The van der Waals surface area contributed by atoms with Gasteiger partial charge in [0, 0.05) is 0 Å². The van der Waals surface area contributed by atoms with Gasteiger partial charge in [0.1, 0.15) is 0 Å². The minimum Gasteiger partial charge on any atom is -0.490 e. The highest BCUT2D eigenvalue weighted by Crippen LogP contribution is 2.37. The lowest BCUT2D eigenvalue weighted by atomic mass is 10.1. The molecule has 0 N–H and O–H groups in total. The summed E-state index contributed by atoms with van der Waals surface area (Å²) in [5.41, 5.74) is 6.77. The van der Waals surface area contributed by atoms with Gasteiger partial charge in [-0.05, 0) is 159 Å². The molecule has 0 spiro atoms. The van der Waals surface area contributed by atoms with E-state index in [1.54, 1.807) is 0 Å². The molecule has 2 aromatic heterocycles. The number of ether oxygens (including phenoxy) is 8. The molecule has 12 nitrogen and oxygen atoms in total. The summed E-state index contributed by atoms with van der Waals surface area (Å²) in [7, 11) is 0. The van der Waals surface area contributed by atoms with Crippen LogP contribution in [0.15, 0.2) is 84.9 Å². The highest BCUT2D eigenvalue weighted by molar-refractivity contribution is 5.77. The van der Waals surface area contributed by atoms with Crippen LogP contribution in [0, 0.1) is 0 Å². The predicted octanol–water partition coefficient (Wildman–Crippen LogP) is 44.0. The Labute approximate surface area is 910 Å². The summed E-state index contributed by atoms with van der Waals surface area (Å²) >= 11 is 0. The van der Waals surface area contributed by atoms with Crippen molar-refractivity contribution in [3.63, 3.8) is 0 Å². The molecule has 0 saturated heterocycles. The molecular weight excluding hydrogens is 1820 g/mol. The van der Waals surface area contributed by atoms with Gasteiger partial charge in [0.05, 0.1) is 75.6 Å². The molecule has 4 aromatic carbocycles. The van der Waals surface area contributed by atoms with Crippen molar-refractivity contribution in [3.05, 3.63) is 130 Å². The Morgan fingerprint density at radius 2 is 0.257 bits per heavy atom. The fourth-order valence-electron chi connectivity index (χ4n) is 19.9. The molecule has 12 heteroatoms. The zero-order valence-electron chi connectivity index (χ0n) is 97.0. The van der Waals surface area contributed by atoms with Crippen LogP contribution in [0.1, 0.15) is 614 Å². The first-order valence-electron chi connectivity index (χ1n) is 63.4. The summed E-state index contributed by atoms with van der Waals surface area (Å²) in [4.78, 5) is 21.8. The van der Waals surface area contributed by atoms with Gasteiger partial charge in [-0.3, -0.25) is 0 Å². The van der Waals surface area contributed by atoms with E-state index in [1.165, 1.54) is 437 Å². The lowest BCUT2D eigenvalue weighted by molar-refractivity contribution is 0.258. The Kier molecular flexibility index (Phi) is 82.1. The molecule has 834 valence electrons. The molecule has 6 aromatic rings. The van der Waals surface area contributed by atoms with Gasteiger partial charge < -0.3 is 37.9 Å². The van der Waals surface area contributed by atoms with Gasteiger partial charge in [-0.2, -0.15) is 0 Å². The van der Waals surface area contributed by atoms with Crippen molar-refractivity contribution in [2.45, 2.75) is 569 Å². The van der Waals surface area contributed by atoms with Crippen molar-refractivity contribution >= 4 is 48.6 Å². The van der Waals surface area contributed by atoms with Crippen molar-refractivity contribution in [2.75, 3.05) is 52.9 Å². The predicted molar refractivity (Wildman–Crippen MR) is 643 cm³/mol. The van der Waals surface area contributed by atoms with Crippen LogP contribution in [0.25, 0.3) is 60.3 Å². The van der Waals surface area contributed by atoms with Gasteiger partial charge in [0.15, 0.2) is 57.6 Å². The Bertz CT molecular complexity index is 3680. The minimum absolute atomic E-state index is 0.400. The molecule has 2 heterocycles. The second-order valence-electron chi connectivity index (χ2n) is 43.5. The maximum absolute atomic E-state index is 6.79. The molecule has 0 unspecified atom stereocenters. The first-order chi connectivity index (χ1) is 73.3. The second kappa shape index (κ2) is 94.2. The highest BCUT2D eigenvalue weighted by Gasteiger charge is 2.18. The molecule has 0 radical (unpaired) electrons. The maximum Gasteiger partial charge on any atom is 0.198 e. The van der Waals surface area contributed by atoms with E-state index in [9.17, 15) is 0 Å². The van der Waals surface area contributed by atoms with Crippen molar-refractivity contribution in [1.29, 1.82) is 0 Å². The third kappa shape index (κ3) is 67.7. The molecular formula is C136H222N4O8. The van der Waals surface area contributed by atoms with E-state index in [2.05, 4.69) is 189 Å². The lowest BCUT2D eigenvalue weighted by Gasteiger charge is -2.14. The summed E-state index contributed by atoms with van der Waals surface area (Å²) in [6.07, 6.45) is 119. The smallest absolute Gasteiger partial charge is 0.198 e. The van der Waals surface area contributed by atoms with Gasteiger partial charge in [-0.25, -0.2) is 19.9 Å². The number of benzene rings is 4. The van der Waals surface area contributed by atoms with Crippen LogP contribution in [0.2, 0.25) is 0 Å². The summed E-state index contributed by atoms with van der Waals surface area (Å²) in [5.74, 6) is 7.15.